The molecule has 0 aliphatic carbocycles. The normalized spacial score (nSPS) is 13.5. The van der Waals surface area contributed by atoms with Crippen LogP contribution >= 0.6 is 23.2 Å². The predicted molar refractivity (Wildman–Crippen MR) is 178 cm³/mol. The quantitative estimate of drug-likeness (QED) is 0.189. The number of carbonyl (C=O) groups is 2. The Labute approximate surface area is 276 Å². The van der Waals surface area contributed by atoms with Gasteiger partial charge < -0.3 is 24.3 Å². The van der Waals surface area contributed by atoms with E-state index in [1.165, 1.54) is 12.3 Å². The summed E-state index contributed by atoms with van der Waals surface area (Å²) in [7, 11) is 1.90. The van der Waals surface area contributed by atoms with Crippen LogP contribution in [0.2, 0.25) is 10.0 Å². The Morgan fingerprint density at radius 3 is 2.37 bits per heavy atom. The maximum atomic E-state index is 13.5. The third-order valence-electron chi connectivity index (χ3n) is 7.79. The van der Waals surface area contributed by atoms with Gasteiger partial charge >= 0.3 is 0 Å². The SMILES string of the molecule is CCOc1ccc(CN2CCN(C(=O)c3cc4cc(Oc5ccc(NC(=O)c6ccc(Cl)c(Cl)c6)cn5)ccc4n3C)CC2)nc1. The third kappa shape index (κ3) is 7.09. The summed E-state index contributed by atoms with van der Waals surface area (Å²) in [6.45, 7) is 6.12. The molecule has 3 aromatic heterocycles. The van der Waals surface area contributed by atoms with E-state index >= 15 is 0 Å². The minimum Gasteiger partial charge on any atom is -0.492 e. The lowest BCUT2D eigenvalue weighted by atomic mass is 10.2. The second-order valence-corrected chi connectivity index (χ2v) is 11.7. The van der Waals surface area contributed by atoms with Gasteiger partial charge in [0.25, 0.3) is 11.8 Å². The Balaban J connectivity index is 1.06. The number of benzene rings is 2. The van der Waals surface area contributed by atoms with Gasteiger partial charge in [-0.2, -0.15) is 0 Å². The molecule has 4 heterocycles. The van der Waals surface area contributed by atoms with Crippen LogP contribution in [0.15, 0.2) is 79.1 Å². The van der Waals surface area contributed by atoms with Gasteiger partial charge in [-0.25, -0.2) is 4.98 Å². The van der Waals surface area contributed by atoms with Crippen molar-refractivity contribution in [2.45, 2.75) is 13.5 Å². The van der Waals surface area contributed by atoms with E-state index in [1.807, 2.05) is 59.8 Å². The first kappa shape index (κ1) is 31.3. The first-order valence-corrected chi connectivity index (χ1v) is 15.6. The number of carbonyl (C=O) groups excluding carboxylic acids is 2. The molecule has 46 heavy (non-hydrogen) atoms. The van der Waals surface area contributed by atoms with Crippen LogP contribution in [0.5, 0.6) is 17.4 Å². The number of hydrogen-bond acceptors (Lipinski definition) is 7. The fourth-order valence-electron chi connectivity index (χ4n) is 5.33. The highest BCUT2D eigenvalue weighted by Crippen LogP contribution is 2.28. The molecule has 0 unspecified atom stereocenters. The molecule has 1 aliphatic rings. The molecule has 1 aliphatic heterocycles. The van der Waals surface area contributed by atoms with Gasteiger partial charge in [0.1, 0.15) is 17.2 Å². The maximum absolute atomic E-state index is 13.5. The molecular weight excluding hydrogens is 627 g/mol. The molecule has 0 radical (unpaired) electrons. The first-order valence-electron chi connectivity index (χ1n) is 14.9. The summed E-state index contributed by atoms with van der Waals surface area (Å²) in [5.41, 5.74) is 3.40. The Morgan fingerprint density at radius 2 is 1.67 bits per heavy atom. The van der Waals surface area contributed by atoms with Crippen molar-refractivity contribution in [3.8, 4) is 17.4 Å². The van der Waals surface area contributed by atoms with Crippen LogP contribution in [0.4, 0.5) is 5.69 Å². The van der Waals surface area contributed by atoms with E-state index in [0.717, 1.165) is 42.0 Å². The van der Waals surface area contributed by atoms with Crippen LogP contribution in [0.25, 0.3) is 10.9 Å². The van der Waals surface area contributed by atoms with E-state index < -0.39 is 0 Å². The Kier molecular flexibility index (Phi) is 9.39. The zero-order valence-corrected chi connectivity index (χ0v) is 26.9. The number of halogens is 2. The molecule has 10 nitrogen and oxygen atoms in total. The lowest BCUT2D eigenvalue weighted by Crippen LogP contribution is -2.48. The molecule has 0 spiro atoms. The third-order valence-corrected chi connectivity index (χ3v) is 8.52. The summed E-state index contributed by atoms with van der Waals surface area (Å²) in [5.74, 6) is 1.37. The summed E-state index contributed by atoms with van der Waals surface area (Å²) in [5, 5.41) is 4.34. The Hall–Kier alpha value is -4.64. The number of nitrogens with one attached hydrogen (secondary N) is 1. The highest BCUT2D eigenvalue weighted by Gasteiger charge is 2.25. The average molecular weight is 660 g/mol. The maximum Gasteiger partial charge on any atom is 0.270 e. The molecule has 2 amide bonds. The predicted octanol–water partition coefficient (Wildman–Crippen LogP) is 6.68. The smallest absolute Gasteiger partial charge is 0.270 e. The van der Waals surface area contributed by atoms with Crippen molar-refractivity contribution in [2.75, 3.05) is 38.1 Å². The van der Waals surface area contributed by atoms with Crippen molar-refractivity contribution < 1.29 is 19.1 Å². The molecule has 6 rings (SSSR count). The number of aromatic nitrogens is 3. The van der Waals surface area contributed by atoms with Crippen LogP contribution in [-0.2, 0) is 13.6 Å². The van der Waals surface area contributed by atoms with Crippen molar-refractivity contribution >= 4 is 51.6 Å². The fourth-order valence-corrected chi connectivity index (χ4v) is 5.63. The van der Waals surface area contributed by atoms with E-state index in [0.29, 0.717) is 58.3 Å². The van der Waals surface area contributed by atoms with Gasteiger partial charge in [0, 0.05) is 62.3 Å². The standard InChI is InChI=1S/C34H32Cl2N6O4/c1-3-45-27-7-5-25(37-20-27)21-41-12-14-42(15-13-41)34(44)31-18-23-16-26(8-10-30(23)40(31)2)46-32-11-6-24(19-38-32)39-33(43)22-4-9-28(35)29(36)17-22/h4-11,16-20H,3,12-15,21H2,1-2H3,(H,39,43). The molecular formula is C34H32Cl2N6O4. The van der Waals surface area contributed by atoms with Gasteiger partial charge in [-0.15, -0.1) is 0 Å². The number of amides is 2. The average Bonchev–Trinajstić information content (AvgIpc) is 3.39. The van der Waals surface area contributed by atoms with Crippen molar-refractivity contribution in [3.63, 3.8) is 0 Å². The van der Waals surface area contributed by atoms with Gasteiger partial charge in [-0.1, -0.05) is 23.2 Å². The molecule has 0 atom stereocenters. The lowest BCUT2D eigenvalue weighted by molar-refractivity contribution is 0.0618. The molecule has 1 fully saturated rings. The van der Waals surface area contributed by atoms with Crippen LogP contribution in [-0.4, -0.2) is 68.9 Å². The highest BCUT2D eigenvalue weighted by atomic mass is 35.5. The van der Waals surface area contributed by atoms with Crippen LogP contribution in [0.1, 0.15) is 33.5 Å². The number of nitrogens with zero attached hydrogens (tertiary/aromatic N) is 5. The van der Waals surface area contributed by atoms with E-state index in [1.54, 1.807) is 30.5 Å². The van der Waals surface area contributed by atoms with Crippen molar-refractivity contribution in [3.05, 3.63) is 106 Å². The summed E-state index contributed by atoms with van der Waals surface area (Å²) < 4.78 is 13.4. The number of fused-ring (bicyclic) bond motifs is 1. The van der Waals surface area contributed by atoms with Gasteiger partial charge in [0.2, 0.25) is 5.88 Å². The monoisotopic (exact) mass is 658 g/mol. The van der Waals surface area contributed by atoms with Crippen LogP contribution in [0.3, 0.4) is 0 Å². The number of pyridine rings is 2. The van der Waals surface area contributed by atoms with Crippen molar-refractivity contribution in [1.82, 2.24) is 24.3 Å². The summed E-state index contributed by atoms with van der Waals surface area (Å²) in [6.07, 6.45) is 3.27. The van der Waals surface area contributed by atoms with Gasteiger partial charge in [-0.05, 0) is 67.6 Å². The van der Waals surface area contributed by atoms with Gasteiger partial charge in [0.05, 0.1) is 40.4 Å². The van der Waals surface area contributed by atoms with Crippen LogP contribution < -0.4 is 14.8 Å². The number of rotatable bonds is 9. The van der Waals surface area contributed by atoms with Crippen molar-refractivity contribution in [1.29, 1.82) is 0 Å². The Bertz CT molecular complexity index is 1870. The number of anilines is 1. The summed E-state index contributed by atoms with van der Waals surface area (Å²) >= 11 is 12.0. The molecule has 1 N–H and O–H groups in total. The molecule has 12 heteroatoms. The van der Waals surface area contributed by atoms with E-state index in [4.69, 9.17) is 32.7 Å². The topological polar surface area (TPSA) is 102 Å². The number of hydrogen-bond donors (Lipinski definition) is 1. The van der Waals surface area contributed by atoms with Gasteiger partial charge in [0.15, 0.2) is 0 Å². The number of ether oxygens (including phenoxy) is 2. The van der Waals surface area contributed by atoms with E-state index in [9.17, 15) is 9.59 Å². The minimum atomic E-state index is -0.336. The van der Waals surface area contributed by atoms with E-state index in [-0.39, 0.29) is 11.8 Å². The second-order valence-electron chi connectivity index (χ2n) is 10.9. The lowest BCUT2D eigenvalue weighted by Gasteiger charge is -2.34. The zero-order valence-electron chi connectivity index (χ0n) is 25.4. The molecule has 5 aromatic rings. The largest absolute Gasteiger partial charge is 0.492 e. The zero-order chi connectivity index (χ0) is 32.2. The fraction of sp³-hybridized carbons (Fsp3) is 0.235. The second kappa shape index (κ2) is 13.8. The molecule has 0 saturated carbocycles. The number of piperazine rings is 1. The van der Waals surface area contributed by atoms with Gasteiger partial charge in [-0.3, -0.25) is 19.5 Å². The minimum absolute atomic E-state index is 0.000171. The molecule has 2 aromatic carbocycles. The molecule has 1 saturated heterocycles. The molecule has 0 bridgehead atoms. The summed E-state index contributed by atoms with van der Waals surface area (Å²) in [6, 6.07) is 19.5. The molecule has 236 valence electrons. The van der Waals surface area contributed by atoms with Crippen LogP contribution in [0, 0.1) is 0 Å². The number of aryl methyl sites for hydroxylation is 1. The van der Waals surface area contributed by atoms with Crippen molar-refractivity contribution in [2.24, 2.45) is 7.05 Å². The Morgan fingerprint density at radius 1 is 0.870 bits per heavy atom. The van der Waals surface area contributed by atoms with E-state index in [2.05, 4.69) is 20.2 Å². The summed E-state index contributed by atoms with van der Waals surface area (Å²) in [4.78, 5) is 39.1. The highest BCUT2D eigenvalue weighted by molar-refractivity contribution is 6.42. The first-order chi connectivity index (χ1) is 22.3.